The van der Waals surface area contributed by atoms with Crippen LogP contribution in [0.15, 0.2) is 55.6 Å². The molecule has 3 aromatic rings. The van der Waals surface area contributed by atoms with Crippen LogP contribution in [-0.4, -0.2) is 41.2 Å². The maximum absolute atomic E-state index is 12.3. The molecule has 0 unspecified atom stereocenters. The molecule has 154 valence electrons. The lowest BCUT2D eigenvalue weighted by Crippen LogP contribution is -2.45. The topological polar surface area (TPSA) is 125 Å². The van der Waals surface area contributed by atoms with Gasteiger partial charge in [-0.05, 0) is 40.2 Å². The molecule has 1 aliphatic heterocycles. The molecule has 30 heavy (non-hydrogen) atoms. The first kappa shape index (κ1) is 20.4. The average Bonchev–Trinajstić information content (AvgIpc) is 3.05. The maximum Gasteiger partial charge on any atom is 0.283 e. The van der Waals surface area contributed by atoms with Crippen LogP contribution in [0.5, 0.6) is 17.4 Å². The summed E-state index contributed by atoms with van der Waals surface area (Å²) >= 11 is 6.74. The number of hydrogen-bond donors (Lipinski definition) is 3. The smallest absolute Gasteiger partial charge is 0.283 e. The lowest BCUT2D eigenvalue weighted by molar-refractivity contribution is -0.132. The molecular weight excluding hydrogens is 524 g/mol. The second-order valence-corrected chi connectivity index (χ2v) is 8.08. The first-order chi connectivity index (χ1) is 14.4. The molecule has 0 saturated heterocycles. The number of aromatic amines is 1. The van der Waals surface area contributed by atoms with Crippen LogP contribution in [0, 0.1) is 0 Å². The van der Waals surface area contributed by atoms with E-state index >= 15 is 0 Å². The number of carbonyl (C=O) groups excluding carboxylic acids is 2. The van der Waals surface area contributed by atoms with Crippen LogP contribution in [0.3, 0.4) is 0 Å². The molecule has 1 aromatic heterocycles. The fourth-order valence-corrected chi connectivity index (χ4v) is 4.18. The largest absolute Gasteiger partial charge is 0.493 e. The minimum Gasteiger partial charge on any atom is -0.493 e. The van der Waals surface area contributed by atoms with E-state index in [-0.39, 0.29) is 24.7 Å². The average molecular weight is 538 g/mol. The summed E-state index contributed by atoms with van der Waals surface area (Å²) in [6.07, 6.45) is -0.878. The highest BCUT2D eigenvalue weighted by molar-refractivity contribution is 9.11. The molecule has 0 spiro atoms. The number of azo groups is 1. The number of nitrogens with one attached hydrogen (secondary N) is 2. The molecule has 2 heterocycles. The Morgan fingerprint density at radius 2 is 2.00 bits per heavy atom. The van der Waals surface area contributed by atoms with E-state index in [9.17, 15) is 14.7 Å². The normalized spacial score (nSPS) is 15.5. The predicted octanol–water partition coefficient (Wildman–Crippen LogP) is 3.97. The van der Waals surface area contributed by atoms with Crippen molar-refractivity contribution in [2.75, 3.05) is 13.2 Å². The van der Waals surface area contributed by atoms with Crippen LogP contribution in [0.1, 0.15) is 0 Å². The Bertz CT molecular complexity index is 1180. The van der Waals surface area contributed by atoms with E-state index in [4.69, 9.17) is 9.47 Å². The van der Waals surface area contributed by atoms with Crippen molar-refractivity contribution in [3.05, 3.63) is 45.3 Å². The second-order valence-electron chi connectivity index (χ2n) is 6.31. The van der Waals surface area contributed by atoms with Crippen molar-refractivity contribution in [1.82, 2.24) is 10.3 Å². The standard InChI is InChI=1S/C19H14Br2N4O5/c20-9-5-10-16(11(21)6-9)23-19(28)17(10)25-24-15(26)7-22-18(27)14-8-29-12-3-1-2-4-13(12)30-14/h1-6,14,23,28H,7-8H2,(H,22,27)/t14-/m0/s1. The fraction of sp³-hybridized carbons (Fsp3) is 0.158. The summed E-state index contributed by atoms with van der Waals surface area (Å²) in [6.45, 7) is -0.341. The van der Waals surface area contributed by atoms with E-state index in [1.807, 2.05) is 0 Å². The van der Waals surface area contributed by atoms with Crippen LogP contribution in [-0.2, 0) is 9.59 Å². The third-order valence-corrected chi connectivity index (χ3v) is 5.34. The van der Waals surface area contributed by atoms with Gasteiger partial charge in [0.05, 0.1) is 5.52 Å². The van der Waals surface area contributed by atoms with E-state index in [0.29, 0.717) is 26.9 Å². The van der Waals surface area contributed by atoms with Gasteiger partial charge >= 0.3 is 0 Å². The Labute approximate surface area is 186 Å². The maximum atomic E-state index is 12.3. The number of amides is 2. The number of benzene rings is 2. The molecule has 2 aromatic carbocycles. The van der Waals surface area contributed by atoms with Gasteiger partial charge in [0.2, 0.25) is 12.0 Å². The quantitative estimate of drug-likeness (QED) is 0.434. The molecule has 1 atom stereocenters. The number of para-hydroxylation sites is 2. The number of fused-ring (bicyclic) bond motifs is 2. The third kappa shape index (κ3) is 4.17. The highest BCUT2D eigenvalue weighted by Gasteiger charge is 2.27. The van der Waals surface area contributed by atoms with Crippen molar-refractivity contribution in [2.45, 2.75) is 6.10 Å². The number of rotatable bonds is 4. The number of aromatic nitrogens is 1. The van der Waals surface area contributed by atoms with Crippen molar-refractivity contribution in [3.8, 4) is 17.4 Å². The number of aromatic hydroxyl groups is 1. The second kappa shape index (κ2) is 8.44. The molecule has 0 fully saturated rings. The van der Waals surface area contributed by atoms with Crippen molar-refractivity contribution < 1.29 is 24.2 Å². The van der Waals surface area contributed by atoms with E-state index < -0.39 is 17.9 Å². The summed E-state index contributed by atoms with van der Waals surface area (Å²) in [7, 11) is 0. The van der Waals surface area contributed by atoms with Crippen LogP contribution < -0.4 is 14.8 Å². The van der Waals surface area contributed by atoms with Crippen molar-refractivity contribution >= 4 is 60.3 Å². The molecular formula is C19H14Br2N4O5. The highest BCUT2D eigenvalue weighted by Crippen LogP contribution is 2.40. The van der Waals surface area contributed by atoms with Crippen LogP contribution >= 0.6 is 31.9 Å². The number of H-pyrrole nitrogens is 1. The summed E-state index contributed by atoms with van der Waals surface area (Å²) in [6, 6.07) is 10.5. The Kier molecular flexibility index (Phi) is 5.73. The number of hydrogen-bond acceptors (Lipinski definition) is 6. The first-order valence-corrected chi connectivity index (χ1v) is 10.3. The van der Waals surface area contributed by atoms with E-state index in [1.54, 1.807) is 36.4 Å². The first-order valence-electron chi connectivity index (χ1n) is 8.73. The predicted molar refractivity (Wildman–Crippen MR) is 114 cm³/mol. The summed E-state index contributed by atoms with van der Waals surface area (Å²) < 4.78 is 12.5. The molecule has 4 rings (SSSR count). The van der Waals surface area contributed by atoms with Crippen LogP contribution in [0.4, 0.5) is 5.69 Å². The number of halogens is 2. The van der Waals surface area contributed by atoms with Crippen molar-refractivity contribution in [1.29, 1.82) is 0 Å². The Balaban J connectivity index is 1.39. The van der Waals surface area contributed by atoms with Crippen molar-refractivity contribution in [2.24, 2.45) is 10.2 Å². The zero-order valence-corrected chi connectivity index (χ0v) is 18.4. The molecule has 11 heteroatoms. The lowest BCUT2D eigenvalue weighted by Gasteiger charge is -2.25. The SMILES string of the molecule is O=C(CNC(=O)[C@@H]1COc2ccccc2O1)N=Nc1c(O)[nH]c2c(Br)cc(Br)cc12. The molecule has 0 bridgehead atoms. The summed E-state index contributed by atoms with van der Waals surface area (Å²) in [5, 5.41) is 20.5. The van der Waals surface area contributed by atoms with Gasteiger partial charge in [0.25, 0.3) is 11.8 Å². The molecule has 0 saturated carbocycles. The molecule has 2 amide bonds. The minimum atomic E-state index is -0.878. The van der Waals surface area contributed by atoms with Crippen LogP contribution in [0.25, 0.3) is 10.9 Å². The van der Waals surface area contributed by atoms with Gasteiger partial charge in [0.1, 0.15) is 13.2 Å². The monoisotopic (exact) mass is 536 g/mol. The van der Waals surface area contributed by atoms with Gasteiger partial charge in [0, 0.05) is 14.3 Å². The van der Waals surface area contributed by atoms with Gasteiger partial charge in [-0.25, -0.2) is 0 Å². The van der Waals surface area contributed by atoms with Gasteiger partial charge in [-0.3, -0.25) is 9.59 Å². The molecule has 1 aliphatic rings. The zero-order chi connectivity index (χ0) is 21.3. The number of nitrogens with zero attached hydrogens (tertiary/aromatic N) is 2. The van der Waals surface area contributed by atoms with Crippen molar-refractivity contribution in [3.63, 3.8) is 0 Å². The Morgan fingerprint density at radius 3 is 2.80 bits per heavy atom. The molecule has 9 nitrogen and oxygen atoms in total. The summed E-state index contributed by atoms with van der Waals surface area (Å²) in [4.78, 5) is 27.1. The van der Waals surface area contributed by atoms with E-state index in [0.717, 1.165) is 4.47 Å². The van der Waals surface area contributed by atoms with Gasteiger partial charge < -0.3 is 24.9 Å². The highest BCUT2D eigenvalue weighted by atomic mass is 79.9. The van der Waals surface area contributed by atoms with Gasteiger partial charge in [-0.1, -0.05) is 28.1 Å². The van der Waals surface area contributed by atoms with E-state index in [1.165, 1.54) is 0 Å². The third-order valence-electron chi connectivity index (χ3n) is 4.25. The Hall–Kier alpha value is -2.92. The van der Waals surface area contributed by atoms with E-state index in [2.05, 4.69) is 52.4 Å². The van der Waals surface area contributed by atoms with Gasteiger partial charge in [-0.2, -0.15) is 0 Å². The zero-order valence-electron chi connectivity index (χ0n) is 15.2. The van der Waals surface area contributed by atoms with Gasteiger partial charge in [0.15, 0.2) is 17.2 Å². The Morgan fingerprint density at radius 1 is 1.23 bits per heavy atom. The van der Waals surface area contributed by atoms with Gasteiger partial charge in [-0.15, -0.1) is 10.2 Å². The molecule has 0 radical (unpaired) electrons. The van der Waals surface area contributed by atoms with Crippen LogP contribution in [0.2, 0.25) is 0 Å². The number of ether oxygens (including phenoxy) is 2. The number of carbonyl (C=O) groups is 2. The lowest BCUT2D eigenvalue weighted by atomic mass is 10.2. The summed E-state index contributed by atoms with van der Waals surface area (Å²) in [5.41, 5.74) is 0.729. The minimum absolute atomic E-state index is 0.0333. The summed E-state index contributed by atoms with van der Waals surface area (Å²) in [5.74, 6) is -0.403. The molecule has 3 N–H and O–H groups in total. The molecule has 0 aliphatic carbocycles. The fourth-order valence-electron chi connectivity index (χ4n) is 2.86.